The molecule has 3 aromatic rings. The highest BCUT2D eigenvalue weighted by molar-refractivity contribution is 6.30. The summed E-state index contributed by atoms with van der Waals surface area (Å²) in [5.41, 5.74) is 9.46. The standard InChI is InChI=1S/C17H18ClN3/c1-11-15(17(18)21(2)20-11)10-16(19)14-8-7-12-5-3-4-6-13(12)9-14/h3-9,16H,10,19H2,1-2H3. The van der Waals surface area contributed by atoms with Gasteiger partial charge in [0, 0.05) is 18.7 Å². The zero-order valence-corrected chi connectivity index (χ0v) is 12.9. The lowest BCUT2D eigenvalue weighted by molar-refractivity contribution is 0.719. The van der Waals surface area contributed by atoms with Crippen molar-refractivity contribution < 1.29 is 0 Å². The number of halogens is 1. The summed E-state index contributed by atoms with van der Waals surface area (Å²) in [4.78, 5) is 0. The van der Waals surface area contributed by atoms with Gasteiger partial charge < -0.3 is 5.73 Å². The van der Waals surface area contributed by atoms with Crippen LogP contribution in [0.15, 0.2) is 42.5 Å². The highest BCUT2D eigenvalue weighted by Crippen LogP contribution is 2.26. The Hall–Kier alpha value is -1.84. The predicted octanol–water partition coefficient (Wildman–Crippen LogP) is 3.78. The Bertz CT molecular complexity index is 792. The van der Waals surface area contributed by atoms with Gasteiger partial charge in [-0.25, -0.2) is 0 Å². The maximum Gasteiger partial charge on any atom is 0.130 e. The van der Waals surface area contributed by atoms with Gasteiger partial charge in [-0.1, -0.05) is 48.0 Å². The van der Waals surface area contributed by atoms with Gasteiger partial charge in [-0.05, 0) is 35.7 Å². The number of nitrogens with zero attached hydrogens (tertiary/aromatic N) is 2. The summed E-state index contributed by atoms with van der Waals surface area (Å²) in [6.07, 6.45) is 0.691. The minimum atomic E-state index is -0.0880. The first-order chi connectivity index (χ1) is 10.1. The minimum Gasteiger partial charge on any atom is -0.324 e. The first-order valence-electron chi connectivity index (χ1n) is 6.98. The molecule has 21 heavy (non-hydrogen) atoms. The van der Waals surface area contributed by atoms with E-state index in [1.54, 1.807) is 4.68 Å². The Morgan fingerprint density at radius 2 is 1.90 bits per heavy atom. The van der Waals surface area contributed by atoms with Gasteiger partial charge in [-0.15, -0.1) is 0 Å². The number of benzene rings is 2. The zero-order chi connectivity index (χ0) is 15.0. The van der Waals surface area contributed by atoms with Crippen LogP contribution in [0, 0.1) is 6.92 Å². The number of fused-ring (bicyclic) bond motifs is 1. The van der Waals surface area contributed by atoms with Crippen molar-refractivity contribution in [2.24, 2.45) is 12.8 Å². The molecule has 2 N–H and O–H groups in total. The van der Waals surface area contributed by atoms with Crippen LogP contribution in [0.4, 0.5) is 0 Å². The van der Waals surface area contributed by atoms with Gasteiger partial charge in [0.05, 0.1) is 5.69 Å². The molecule has 0 amide bonds. The summed E-state index contributed by atoms with van der Waals surface area (Å²) in [5, 5.41) is 7.44. The molecule has 3 rings (SSSR count). The van der Waals surface area contributed by atoms with Crippen LogP contribution in [0.1, 0.15) is 22.9 Å². The van der Waals surface area contributed by atoms with Crippen molar-refractivity contribution in [2.75, 3.05) is 0 Å². The molecule has 1 unspecified atom stereocenters. The smallest absolute Gasteiger partial charge is 0.130 e. The second-order valence-corrected chi connectivity index (χ2v) is 5.75. The molecule has 0 aliphatic rings. The van der Waals surface area contributed by atoms with Crippen LogP contribution in [-0.2, 0) is 13.5 Å². The Labute approximate surface area is 129 Å². The molecule has 0 bridgehead atoms. The highest BCUT2D eigenvalue weighted by Gasteiger charge is 2.16. The maximum atomic E-state index is 6.37. The van der Waals surface area contributed by atoms with Crippen molar-refractivity contribution in [3.8, 4) is 0 Å². The molecule has 0 aliphatic carbocycles. The van der Waals surface area contributed by atoms with Crippen molar-refractivity contribution in [2.45, 2.75) is 19.4 Å². The maximum absolute atomic E-state index is 6.37. The molecule has 4 heteroatoms. The molecular weight excluding hydrogens is 282 g/mol. The van der Waals surface area contributed by atoms with E-state index >= 15 is 0 Å². The molecule has 0 fully saturated rings. The Morgan fingerprint density at radius 3 is 2.57 bits per heavy atom. The topological polar surface area (TPSA) is 43.8 Å². The lowest BCUT2D eigenvalue weighted by Gasteiger charge is -2.13. The molecule has 2 aromatic carbocycles. The van der Waals surface area contributed by atoms with Crippen LogP contribution in [0.3, 0.4) is 0 Å². The van der Waals surface area contributed by atoms with Crippen LogP contribution in [0.2, 0.25) is 5.15 Å². The van der Waals surface area contributed by atoms with E-state index in [1.165, 1.54) is 10.8 Å². The van der Waals surface area contributed by atoms with Crippen LogP contribution in [0.25, 0.3) is 10.8 Å². The Morgan fingerprint density at radius 1 is 1.19 bits per heavy atom. The van der Waals surface area contributed by atoms with Gasteiger partial charge >= 0.3 is 0 Å². The van der Waals surface area contributed by atoms with E-state index < -0.39 is 0 Å². The predicted molar refractivity (Wildman–Crippen MR) is 87.5 cm³/mol. The van der Waals surface area contributed by atoms with E-state index in [1.807, 2.05) is 26.1 Å². The van der Waals surface area contributed by atoms with Gasteiger partial charge in [-0.2, -0.15) is 5.10 Å². The molecule has 1 atom stereocenters. The largest absolute Gasteiger partial charge is 0.324 e. The fourth-order valence-corrected chi connectivity index (χ4v) is 2.93. The SMILES string of the molecule is Cc1nn(C)c(Cl)c1CC(N)c1ccc2ccccc2c1. The molecule has 108 valence electrons. The van der Waals surface area contributed by atoms with Crippen molar-refractivity contribution in [1.29, 1.82) is 0 Å². The lowest BCUT2D eigenvalue weighted by Crippen LogP contribution is -2.13. The Kier molecular flexibility index (Phi) is 3.70. The third-order valence-electron chi connectivity index (χ3n) is 3.90. The number of aromatic nitrogens is 2. The number of hydrogen-bond donors (Lipinski definition) is 1. The summed E-state index contributed by atoms with van der Waals surface area (Å²) in [6.45, 7) is 1.97. The molecule has 3 nitrogen and oxygen atoms in total. The van der Waals surface area contributed by atoms with Gasteiger partial charge in [0.15, 0.2) is 0 Å². The third kappa shape index (κ3) is 2.67. The van der Waals surface area contributed by atoms with Crippen LogP contribution < -0.4 is 5.73 Å². The quantitative estimate of drug-likeness (QED) is 0.800. The molecule has 0 saturated heterocycles. The fraction of sp³-hybridized carbons (Fsp3) is 0.235. The van der Waals surface area contributed by atoms with E-state index in [4.69, 9.17) is 17.3 Å². The average Bonchev–Trinajstić information content (AvgIpc) is 2.73. The Balaban J connectivity index is 1.91. The zero-order valence-electron chi connectivity index (χ0n) is 12.2. The van der Waals surface area contributed by atoms with E-state index in [0.29, 0.717) is 11.6 Å². The van der Waals surface area contributed by atoms with Crippen molar-refractivity contribution >= 4 is 22.4 Å². The fourth-order valence-electron chi connectivity index (χ4n) is 2.68. The van der Waals surface area contributed by atoms with Crippen LogP contribution in [0.5, 0.6) is 0 Å². The van der Waals surface area contributed by atoms with Gasteiger partial charge in [-0.3, -0.25) is 4.68 Å². The number of nitrogens with two attached hydrogens (primary N) is 1. The first-order valence-corrected chi connectivity index (χ1v) is 7.36. The van der Waals surface area contributed by atoms with E-state index in [9.17, 15) is 0 Å². The third-order valence-corrected chi connectivity index (χ3v) is 4.37. The van der Waals surface area contributed by atoms with E-state index in [0.717, 1.165) is 16.8 Å². The molecule has 1 heterocycles. The minimum absolute atomic E-state index is 0.0880. The second kappa shape index (κ2) is 5.51. The molecule has 1 aromatic heterocycles. The molecule has 0 saturated carbocycles. The molecule has 0 aliphatic heterocycles. The molecular formula is C17H18ClN3. The number of aryl methyl sites for hydroxylation is 2. The lowest BCUT2D eigenvalue weighted by atomic mass is 9.97. The number of rotatable bonds is 3. The summed E-state index contributed by atoms with van der Waals surface area (Å²) in [5.74, 6) is 0. The van der Waals surface area contributed by atoms with Gasteiger partial charge in [0.25, 0.3) is 0 Å². The summed E-state index contributed by atoms with van der Waals surface area (Å²) in [7, 11) is 1.85. The average molecular weight is 300 g/mol. The van der Waals surface area contributed by atoms with E-state index in [2.05, 4.69) is 35.4 Å². The van der Waals surface area contributed by atoms with Crippen molar-refractivity contribution in [3.05, 3.63) is 64.4 Å². The van der Waals surface area contributed by atoms with Crippen molar-refractivity contribution in [1.82, 2.24) is 9.78 Å². The van der Waals surface area contributed by atoms with E-state index in [-0.39, 0.29) is 6.04 Å². The number of hydrogen-bond acceptors (Lipinski definition) is 2. The second-order valence-electron chi connectivity index (χ2n) is 5.40. The normalized spacial score (nSPS) is 12.8. The summed E-state index contributed by atoms with van der Waals surface area (Å²) >= 11 is 6.29. The van der Waals surface area contributed by atoms with Crippen molar-refractivity contribution in [3.63, 3.8) is 0 Å². The first kappa shape index (κ1) is 14.1. The van der Waals surface area contributed by atoms with Gasteiger partial charge in [0.2, 0.25) is 0 Å². The summed E-state index contributed by atoms with van der Waals surface area (Å²) in [6, 6.07) is 14.6. The highest BCUT2D eigenvalue weighted by atomic mass is 35.5. The van der Waals surface area contributed by atoms with Crippen LogP contribution >= 0.6 is 11.6 Å². The van der Waals surface area contributed by atoms with Gasteiger partial charge in [0.1, 0.15) is 5.15 Å². The summed E-state index contributed by atoms with van der Waals surface area (Å²) < 4.78 is 1.69. The monoisotopic (exact) mass is 299 g/mol. The van der Waals surface area contributed by atoms with Crippen LogP contribution in [-0.4, -0.2) is 9.78 Å². The molecule has 0 radical (unpaired) electrons. The molecule has 0 spiro atoms.